The molecule has 0 bridgehead atoms. The van der Waals surface area contributed by atoms with Gasteiger partial charge in [0.1, 0.15) is 11.6 Å². The Labute approximate surface area is 235 Å². The lowest BCUT2D eigenvalue weighted by Crippen LogP contribution is -1.97. The lowest BCUT2D eigenvalue weighted by atomic mass is 10.0. The van der Waals surface area contributed by atoms with E-state index in [1.807, 2.05) is 24.3 Å². The molecule has 0 radical (unpaired) electrons. The zero-order valence-corrected chi connectivity index (χ0v) is 24.8. The van der Waals surface area contributed by atoms with Crippen molar-refractivity contribution >= 4 is 46.4 Å². The van der Waals surface area contributed by atoms with E-state index in [0.717, 1.165) is 30.4 Å². The van der Waals surface area contributed by atoms with Gasteiger partial charge in [0.25, 0.3) is 0 Å². The van der Waals surface area contributed by atoms with Gasteiger partial charge in [0.2, 0.25) is 0 Å². The summed E-state index contributed by atoms with van der Waals surface area (Å²) in [5.41, 5.74) is 2.74. The van der Waals surface area contributed by atoms with Crippen LogP contribution in [0.4, 0.5) is 8.78 Å². The Hall–Kier alpha value is -1.32. The van der Waals surface area contributed by atoms with Crippen molar-refractivity contribution in [1.29, 1.82) is 0 Å². The fourth-order valence-electron chi connectivity index (χ4n) is 3.44. The predicted molar refractivity (Wildman–Crippen MR) is 155 cm³/mol. The summed E-state index contributed by atoms with van der Waals surface area (Å²) in [5.74, 6) is 0.978. The van der Waals surface area contributed by atoms with Crippen LogP contribution < -0.4 is 0 Å². The summed E-state index contributed by atoms with van der Waals surface area (Å²) in [6.45, 7) is 12.6. The number of halogens is 6. The second-order valence-corrected chi connectivity index (χ2v) is 11.5. The van der Waals surface area contributed by atoms with Crippen LogP contribution in [0.2, 0.25) is 20.1 Å². The van der Waals surface area contributed by atoms with E-state index in [1.54, 1.807) is 24.3 Å². The van der Waals surface area contributed by atoms with E-state index < -0.39 is 0 Å². The molecule has 6 heteroatoms. The van der Waals surface area contributed by atoms with Crippen molar-refractivity contribution in [2.24, 2.45) is 17.8 Å². The van der Waals surface area contributed by atoms with Gasteiger partial charge in [-0.05, 0) is 71.9 Å². The first-order valence-electron chi connectivity index (χ1n) is 12.1. The molecule has 3 rings (SSSR count). The minimum absolute atomic E-state index is 0.216. The SMILES string of the molecule is CC(C)Cc1cccc(Cl)c1Cl.CC(C)Cc1cccc(Cl)c1F.CC(C)Cc1cccc(F)c1Cl. The summed E-state index contributed by atoms with van der Waals surface area (Å²) in [6, 6.07) is 15.8. The van der Waals surface area contributed by atoms with Gasteiger partial charge in [0.15, 0.2) is 0 Å². The summed E-state index contributed by atoms with van der Waals surface area (Å²) in [4.78, 5) is 0. The third-order valence-electron chi connectivity index (χ3n) is 4.98. The first kappa shape index (κ1) is 32.7. The molecular formula is C30H36Cl4F2. The fourth-order valence-corrected chi connectivity index (χ4v) is 4.23. The molecule has 0 aliphatic heterocycles. The molecule has 198 valence electrons. The summed E-state index contributed by atoms with van der Waals surface area (Å²) in [6.07, 6.45) is 2.56. The van der Waals surface area contributed by atoms with E-state index in [4.69, 9.17) is 46.4 Å². The minimum atomic E-state index is -0.324. The molecular weight excluding hydrogens is 540 g/mol. The highest BCUT2D eigenvalue weighted by molar-refractivity contribution is 6.42. The topological polar surface area (TPSA) is 0 Å². The molecule has 0 atom stereocenters. The number of hydrogen-bond acceptors (Lipinski definition) is 0. The van der Waals surface area contributed by atoms with E-state index in [0.29, 0.717) is 33.4 Å². The highest BCUT2D eigenvalue weighted by Gasteiger charge is 2.08. The van der Waals surface area contributed by atoms with E-state index >= 15 is 0 Å². The maximum Gasteiger partial charge on any atom is 0.144 e. The fraction of sp³-hybridized carbons (Fsp3) is 0.400. The zero-order chi connectivity index (χ0) is 27.4. The van der Waals surface area contributed by atoms with Crippen LogP contribution in [-0.2, 0) is 19.3 Å². The Kier molecular flexibility index (Phi) is 15.0. The molecule has 0 aromatic heterocycles. The molecule has 0 saturated carbocycles. The van der Waals surface area contributed by atoms with Gasteiger partial charge in [-0.2, -0.15) is 0 Å². The van der Waals surface area contributed by atoms with Gasteiger partial charge >= 0.3 is 0 Å². The number of hydrogen-bond donors (Lipinski definition) is 0. The van der Waals surface area contributed by atoms with Gasteiger partial charge in [-0.15, -0.1) is 0 Å². The second-order valence-electron chi connectivity index (χ2n) is 9.93. The first-order chi connectivity index (χ1) is 16.8. The van der Waals surface area contributed by atoms with Crippen LogP contribution in [0, 0.1) is 29.4 Å². The van der Waals surface area contributed by atoms with Gasteiger partial charge in [-0.3, -0.25) is 0 Å². The Bertz CT molecular complexity index is 942. The average molecular weight is 576 g/mol. The molecule has 0 saturated heterocycles. The third kappa shape index (κ3) is 11.8. The van der Waals surface area contributed by atoms with Gasteiger partial charge in [-0.1, -0.05) is 124 Å². The van der Waals surface area contributed by atoms with E-state index in [-0.39, 0.29) is 21.7 Å². The Balaban J connectivity index is 0.000000270. The van der Waals surface area contributed by atoms with Crippen molar-refractivity contribution in [3.05, 3.63) is 103 Å². The van der Waals surface area contributed by atoms with Crippen molar-refractivity contribution in [3.8, 4) is 0 Å². The summed E-state index contributed by atoms with van der Waals surface area (Å²) < 4.78 is 26.1. The van der Waals surface area contributed by atoms with Gasteiger partial charge in [0.05, 0.1) is 20.1 Å². The monoisotopic (exact) mass is 574 g/mol. The Morgan fingerprint density at radius 1 is 0.528 bits per heavy atom. The Morgan fingerprint density at radius 3 is 1.42 bits per heavy atom. The van der Waals surface area contributed by atoms with Crippen LogP contribution >= 0.6 is 46.4 Å². The molecule has 0 spiro atoms. The van der Waals surface area contributed by atoms with Crippen molar-refractivity contribution < 1.29 is 8.78 Å². The van der Waals surface area contributed by atoms with Crippen molar-refractivity contribution in [2.45, 2.75) is 60.8 Å². The van der Waals surface area contributed by atoms with Crippen LogP contribution in [0.25, 0.3) is 0 Å². The predicted octanol–water partition coefficient (Wildman–Crippen LogP) is 11.5. The average Bonchev–Trinajstić information content (AvgIpc) is 2.78. The molecule has 3 aromatic rings. The number of benzene rings is 3. The van der Waals surface area contributed by atoms with Crippen LogP contribution in [0.15, 0.2) is 54.6 Å². The van der Waals surface area contributed by atoms with Gasteiger partial charge in [-0.25, -0.2) is 8.78 Å². The molecule has 0 N–H and O–H groups in total. The molecule has 0 heterocycles. The summed E-state index contributed by atoms with van der Waals surface area (Å²) in [5, 5.41) is 1.84. The molecule has 36 heavy (non-hydrogen) atoms. The highest BCUT2D eigenvalue weighted by atomic mass is 35.5. The standard InChI is InChI=1S/C10H12Cl2.2C10H12ClF/c1-7(2)6-8-4-3-5-9(11)10(8)12;1-7(2)6-8-4-3-5-9(12)10(8)11;1-7(2)6-8-4-3-5-9(11)10(8)12/h3*3-5,7H,6H2,1-2H3. The minimum Gasteiger partial charge on any atom is -0.205 e. The molecule has 0 aliphatic carbocycles. The lowest BCUT2D eigenvalue weighted by Gasteiger charge is -2.07. The van der Waals surface area contributed by atoms with Gasteiger partial charge < -0.3 is 0 Å². The van der Waals surface area contributed by atoms with Crippen LogP contribution in [0.1, 0.15) is 58.2 Å². The lowest BCUT2D eigenvalue weighted by molar-refractivity contribution is 0.574. The largest absolute Gasteiger partial charge is 0.205 e. The highest BCUT2D eigenvalue weighted by Crippen LogP contribution is 2.27. The molecule has 0 nitrogen and oxygen atoms in total. The molecule has 0 fully saturated rings. The Morgan fingerprint density at radius 2 is 0.917 bits per heavy atom. The maximum absolute atomic E-state index is 13.2. The van der Waals surface area contributed by atoms with Crippen LogP contribution in [-0.4, -0.2) is 0 Å². The molecule has 0 unspecified atom stereocenters. The quantitative estimate of drug-likeness (QED) is 0.274. The molecule has 3 aromatic carbocycles. The van der Waals surface area contributed by atoms with Crippen LogP contribution in [0.3, 0.4) is 0 Å². The smallest absolute Gasteiger partial charge is 0.144 e. The normalized spacial score (nSPS) is 10.8. The third-order valence-corrected chi connectivity index (χ3v) is 6.55. The van der Waals surface area contributed by atoms with Crippen LogP contribution in [0.5, 0.6) is 0 Å². The van der Waals surface area contributed by atoms with Gasteiger partial charge in [0, 0.05) is 0 Å². The van der Waals surface area contributed by atoms with Crippen molar-refractivity contribution in [1.82, 2.24) is 0 Å². The van der Waals surface area contributed by atoms with Crippen molar-refractivity contribution in [2.75, 3.05) is 0 Å². The zero-order valence-electron chi connectivity index (χ0n) is 21.8. The summed E-state index contributed by atoms with van der Waals surface area (Å²) in [7, 11) is 0. The molecule has 0 aliphatic rings. The van der Waals surface area contributed by atoms with E-state index in [1.165, 1.54) is 6.07 Å². The van der Waals surface area contributed by atoms with Crippen molar-refractivity contribution in [3.63, 3.8) is 0 Å². The van der Waals surface area contributed by atoms with E-state index in [2.05, 4.69) is 41.5 Å². The number of rotatable bonds is 6. The second kappa shape index (κ2) is 16.5. The first-order valence-corrected chi connectivity index (χ1v) is 13.6. The molecule has 0 amide bonds. The summed E-state index contributed by atoms with van der Waals surface area (Å²) >= 11 is 23.3. The van der Waals surface area contributed by atoms with E-state index in [9.17, 15) is 8.78 Å². The maximum atomic E-state index is 13.2.